The Labute approximate surface area is 88.9 Å². The number of nitrogens with two attached hydrogens (primary N) is 1. The maximum Gasteiger partial charge on any atom is 0.181 e. The largest absolute Gasteiger partial charge is 0.300 e. The Morgan fingerprint density at radius 3 is 2.93 bits per heavy atom. The summed E-state index contributed by atoms with van der Waals surface area (Å²) < 4.78 is 23.7. The average Bonchev–Trinajstić information content (AvgIpc) is 2.40. The van der Waals surface area contributed by atoms with Crippen molar-refractivity contribution in [3.05, 3.63) is 29.3 Å². The van der Waals surface area contributed by atoms with Crippen molar-refractivity contribution in [2.45, 2.75) is 30.1 Å². The standard InChI is InChI=1S/C10H13NO3S/c1-7-4-9-3-2-8(6-14-11)5-10(9)15(7,12)13/h2-3,5,7H,4,6,11H2,1H3. The monoisotopic (exact) mass is 227 g/mol. The minimum Gasteiger partial charge on any atom is -0.300 e. The molecule has 4 nitrogen and oxygen atoms in total. The summed E-state index contributed by atoms with van der Waals surface area (Å²) in [5.41, 5.74) is 1.68. The molecule has 0 aromatic heterocycles. The molecule has 5 heteroatoms. The first-order chi connectivity index (χ1) is 7.05. The molecule has 0 radical (unpaired) electrons. The number of hydrogen-bond acceptors (Lipinski definition) is 4. The van der Waals surface area contributed by atoms with Crippen molar-refractivity contribution in [3.63, 3.8) is 0 Å². The topological polar surface area (TPSA) is 69.4 Å². The summed E-state index contributed by atoms with van der Waals surface area (Å²) in [5.74, 6) is 4.95. The van der Waals surface area contributed by atoms with Gasteiger partial charge in [-0.05, 0) is 30.5 Å². The first kappa shape index (κ1) is 10.6. The molecule has 1 aliphatic heterocycles. The van der Waals surface area contributed by atoms with Crippen molar-refractivity contribution in [2.75, 3.05) is 0 Å². The Balaban J connectivity index is 2.50. The van der Waals surface area contributed by atoms with Crippen LogP contribution in [0.1, 0.15) is 18.1 Å². The van der Waals surface area contributed by atoms with Crippen molar-refractivity contribution in [2.24, 2.45) is 5.90 Å². The summed E-state index contributed by atoms with van der Waals surface area (Å²) in [6.45, 7) is 1.96. The van der Waals surface area contributed by atoms with Gasteiger partial charge in [0.1, 0.15) is 0 Å². The minimum absolute atomic E-state index is 0.233. The lowest BCUT2D eigenvalue weighted by Gasteiger charge is -2.03. The molecule has 0 bridgehead atoms. The van der Waals surface area contributed by atoms with Crippen LogP contribution in [0, 0.1) is 0 Å². The van der Waals surface area contributed by atoms with Crippen molar-refractivity contribution in [3.8, 4) is 0 Å². The third kappa shape index (κ3) is 1.67. The molecular formula is C10H13NO3S. The van der Waals surface area contributed by atoms with E-state index in [4.69, 9.17) is 5.90 Å². The fraction of sp³-hybridized carbons (Fsp3) is 0.400. The maximum atomic E-state index is 11.9. The molecule has 0 amide bonds. The molecule has 15 heavy (non-hydrogen) atoms. The molecule has 82 valence electrons. The SMILES string of the molecule is CC1Cc2ccc(CON)cc2S1(=O)=O. The lowest BCUT2D eigenvalue weighted by molar-refractivity contribution is 0.124. The fourth-order valence-electron chi connectivity index (χ4n) is 1.85. The first-order valence-corrected chi connectivity index (χ1v) is 6.27. The van der Waals surface area contributed by atoms with E-state index >= 15 is 0 Å². The van der Waals surface area contributed by atoms with E-state index in [0.29, 0.717) is 11.3 Å². The van der Waals surface area contributed by atoms with Crippen LogP contribution in [-0.4, -0.2) is 13.7 Å². The van der Waals surface area contributed by atoms with Crippen LogP contribution >= 0.6 is 0 Å². The number of rotatable bonds is 2. The Kier molecular flexibility index (Phi) is 2.54. The highest BCUT2D eigenvalue weighted by atomic mass is 32.2. The molecule has 1 aromatic rings. The van der Waals surface area contributed by atoms with E-state index in [1.165, 1.54) is 0 Å². The van der Waals surface area contributed by atoms with Gasteiger partial charge in [0.25, 0.3) is 0 Å². The van der Waals surface area contributed by atoms with Crippen LogP contribution in [0.4, 0.5) is 0 Å². The van der Waals surface area contributed by atoms with Crippen LogP contribution in [0.5, 0.6) is 0 Å². The summed E-state index contributed by atoms with van der Waals surface area (Å²) in [6.07, 6.45) is 0.599. The average molecular weight is 227 g/mol. The molecular weight excluding hydrogens is 214 g/mol. The molecule has 0 saturated carbocycles. The van der Waals surface area contributed by atoms with E-state index in [9.17, 15) is 8.42 Å². The first-order valence-electron chi connectivity index (χ1n) is 4.73. The summed E-state index contributed by atoms with van der Waals surface area (Å²) in [5, 5.41) is -0.318. The molecule has 0 spiro atoms. The van der Waals surface area contributed by atoms with Crippen LogP contribution in [0.15, 0.2) is 23.1 Å². The lowest BCUT2D eigenvalue weighted by atomic mass is 10.1. The van der Waals surface area contributed by atoms with Crippen LogP contribution in [0.25, 0.3) is 0 Å². The van der Waals surface area contributed by atoms with Gasteiger partial charge in [-0.15, -0.1) is 0 Å². The fourth-order valence-corrected chi connectivity index (χ4v) is 3.52. The minimum atomic E-state index is -3.12. The quantitative estimate of drug-likeness (QED) is 0.758. The molecule has 1 unspecified atom stereocenters. The van der Waals surface area contributed by atoms with Crippen molar-refractivity contribution >= 4 is 9.84 Å². The number of benzene rings is 1. The molecule has 0 aliphatic carbocycles. The summed E-state index contributed by atoms with van der Waals surface area (Å²) in [7, 11) is -3.12. The predicted octanol–water partition coefficient (Wildman–Crippen LogP) is 0.795. The molecule has 0 fully saturated rings. The van der Waals surface area contributed by atoms with E-state index in [0.717, 1.165) is 11.1 Å². The van der Waals surface area contributed by atoms with E-state index in [1.807, 2.05) is 12.1 Å². The van der Waals surface area contributed by atoms with Gasteiger partial charge in [-0.25, -0.2) is 14.3 Å². The highest BCUT2D eigenvalue weighted by Crippen LogP contribution is 2.31. The van der Waals surface area contributed by atoms with Crippen molar-refractivity contribution in [1.29, 1.82) is 0 Å². The molecule has 2 N–H and O–H groups in total. The van der Waals surface area contributed by atoms with Gasteiger partial charge in [0.2, 0.25) is 0 Å². The van der Waals surface area contributed by atoms with Gasteiger partial charge >= 0.3 is 0 Å². The van der Waals surface area contributed by atoms with Gasteiger partial charge in [0.05, 0.1) is 16.8 Å². The van der Waals surface area contributed by atoms with Crippen LogP contribution in [0.3, 0.4) is 0 Å². The summed E-state index contributed by atoms with van der Waals surface area (Å²) in [6, 6.07) is 5.34. The van der Waals surface area contributed by atoms with Gasteiger partial charge in [0, 0.05) is 0 Å². The van der Waals surface area contributed by atoms with E-state index in [2.05, 4.69) is 4.84 Å². The highest BCUT2D eigenvalue weighted by molar-refractivity contribution is 7.92. The molecule has 2 rings (SSSR count). The maximum absolute atomic E-state index is 11.9. The predicted molar refractivity (Wildman–Crippen MR) is 55.8 cm³/mol. The molecule has 1 aliphatic rings. The number of hydrogen-bond donors (Lipinski definition) is 1. The van der Waals surface area contributed by atoms with E-state index in [-0.39, 0.29) is 11.9 Å². The summed E-state index contributed by atoms with van der Waals surface area (Å²) in [4.78, 5) is 4.92. The summed E-state index contributed by atoms with van der Waals surface area (Å²) >= 11 is 0. The van der Waals surface area contributed by atoms with Crippen molar-refractivity contribution in [1.82, 2.24) is 0 Å². The Bertz CT molecular complexity index is 481. The van der Waals surface area contributed by atoms with Gasteiger partial charge in [0.15, 0.2) is 9.84 Å². The van der Waals surface area contributed by atoms with Crippen LogP contribution in [-0.2, 0) is 27.7 Å². The normalized spacial score (nSPS) is 22.7. The Morgan fingerprint density at radius 2 is 2.27 bits per heavy atom. The zero-order valence-corrected chi connectivity index (χ0v) is 9.25. The van der Waals surface area contributed by atoms with E-state index < -0.39 is 9.84 Å². The number of fused-ring (bicyclic) bond motifs is 1. The zero-order chi connectivity index (χ0) is 11.1. The van der Waals surface area contributed by atoms with Gasteiger partial charge in [-0.1, -0.05) is 12.1 Å². The second-order valence-corrected chi connectivity index (χ2v) is 6.15. The van der Waals surface area contributed by atoms with Gasteiger partial charge in [-0.2, -0.15) is 0 Å². The molecule has 0 saturated heterocycles. The smallest absolute Gasteiger partial charge is 0.181 e. The molecule has 1 atom stereocenters. The van der Waals surface area contributed by atoms with E-state index in [1.54, 1.807) is 13.0 Å². The van der Waals surface area contributed by atoms with Gasteiger partial charge < -0.3 is 0 Å². The molecule has 1 aromatic carbocycles. The van der Waals surface area contributed by atoms with Crippen molar-refractivity contribution < 1.29 is 13.3 Å². The van der Waals surface area contributed by atoms with Crippen LogP contribution in [0.2, 0.25) is 0 Å². The lowest BCUT2D eigenvalue weighted by Crippen LogP contribution is -2.11. The van der Waals surface area contributed by atoms with Crippen LogP contribution < -0.4 is 5.90 Å². The third-order valence-electron chi connectivity index (χ3n) is 2.73. The number of sulfone groups is 1. The highest BCUT2D eigenvalue weighted by Gasteiger charge is 2.33. The van der Waals surface area contributed by atoms with Gasteiger partial charge in [-0.3, -0.25) is 4.84 Å². The second kappa shape index (κ2) is 3.59. The Morgan fingerprint density at radius 1 is 1.53 bits per heavy atom. The second-order valence-electron chi connectivity index (χ2n) is 3.81. The third-order valence-corrected chi connectivity index (χ3v) is 4.94. The molecule has 1 heterocycles. The Hall–Kier alpha value is -0.910. The zero-order valence-electron chi connectivity index (χ0n) is 8.43.